The average molecular weight is 239 g/mol. The Morgan fingerprint density at radius 3 is 2.58 bits per heavy atom. The minimum Gasteiger partial charge on any atom is -0.241 e. The molecule has 0 bridgehead atoms. The lowest BCUT2D eigenvalue weighted by Crippen LogP contribution is -1.70. The molecule has 1 aromatic heterocycles. The summed E-state index contributed by atoms with van der Waals surface area (Å²) in [4.78, 5) is 5.06. The predicted molar refractivity (Wildman–Crippen MR) is 54.1 cm³/mol. The molecule has 3 heteroatoms. The van der Waals surface area contributed by atoms with Crippen molar-refractivity contribution in [3.05, 3.63) is 40.4 Å². The van der Waals surface area contributed by atoms with Crippen LogP contribution in [0.5, 0.6) is 0 Å². The third kappa shape index (κ3) is 1.57. The first-order chi connectivity index (χ1) is 5.86. The Balaban J connectivity index is 2.43. The zero-order valence-corrected chi connectivity index (χ0v) is 8.52. The summed E-state index contributed by atoms with van der Waals surface area (Å²) in [5, 5.41) is 0. The van der Waals surface area contributed by atoms with E-state index < -0.39 is 0 Å². The van der Waals surface area contributed by atoms with Gasteiger partial charge in [-0.3, -0.25) is 0 Å². The SMILES string of the molecule is Brc1ccc(-c2cn[c]s2)cc1. The Bertz CT molecular complexity index is 353. The molecule has 0 atom stereocenters. The molecule has 1 radical (unpaired) electrons. The van der Waals surface area contributed by atoms with Crippen molar-refractivity contribution in [3.8, 4) is 10.4 Å². The van der Waals surface area contributed by atoms with Gasteiger partial charge in [0.2, 0.25) is 0 Å². The minimum absolute atomic E-state index is 1.10. The van der Waals surface area contributed by atoms with E-state index in [1.54, 1.807) is 0 Å². The van der Waals surface area contributed by atoms with Crippen molar-refractivity contribution in [2.24, 2.45) is 0 Å². The van der Waals surface area contributed by atoms with Crippen LogP contribution in [0.15, 0.2) is 34.9 Å². The predicted octanol–water partition coefficient (Wildman–Crippen LogP) is 3.37. The lowest BCUT2D eigenvalue weighted by molar-refractivity contribution is 1.41. The number of rotatable bonds is 1. The molecular formula is C9H5BrNS. The van der Waals surface area contributed by atoms with Gasteiger partial charge in [-0.25, -0.2) is 4.98 Å². The first-order valence-corrected chi connectivity index (χ1v) is 5.05. The number of nitrogens with zero attached hydrogens (tertiary/aromatic N) is 1. The summed E-state index contributed by atoms with van der Waals surface area (Å²) in [6.45, 7) is 0. The van der Waals surface area contributed by atoms with Crippen LogP contribution in [0, 0.1) is 5.51 Å². The fourth-order valence-electron chi connectivity index (χ4n) is 0.934. The van der Waals surface area contributed by atoms with Crippen LogP contribution in [0.1, 0.15) is 0 Å². The zero-order chi connectivity index (χ0) is 8.39. The maximum absolute atomic E-state index is 3.90. The van der Waals surface area contributed by atoms with Gasteiger partial charge in [0.25, 0.3) is 0 Å². The van der Waals surface area contributed by atoms with Gasteiger partial charge in [0, 0.05) is 10.7 Å². The Morgan fingerprint density at radius 1 is 1.25 bits per heavy atom. The van der Waals surface area contributed by atoms with Crippen LogP contribution in [0.2, 0.25) is 0 Å². The smallest absolute Gasteiger partial charge is 0.152 e. The number of thiazole rings is 1. The third-order valence-corrected chi connectivity index (χ3v) is 2.81. The molecule has 2 rings (SSSR count). The van der Waals surface area contributed by atoms with Gasteiger partial charge >= 0.3 is 0 Å². The molecule has 1 nitrogen and oxygen atoms in total. The quantitative estimate of drug-likeness (QED) is 0.743. The Hall–Kier alpha value is -0.670. The van der Waals surface area contributed by atoms with Crippen LogP contribution in [0.25, 0.3) is 10.4 Å². The molecule has 0 amide bonds. The second kappa shape index (κ2) is 3.37. The number of hydrogen-bond acceptors (Lipinski definition) is 2. The molecule has 0 spiro atoms. The molecule has 2 aromatic rings. The molecule has 0 unspecified atom stereocenters. The van der Waals surface area contributed by atoms with Gasteiger partial charge in [0.1, 0.15) is 0 Å². The first-order valence-electron chi connectivity index (χ1n) is 3.44. The fourth-order valence-corrected chi connectivity index (χ4v) is 1.76. The van der Waals surface area contributed by atoms with Gasteiger partial charge in [-0.15, -0.1) is 11.3 Å². The first kappa shape index (κ1) is 7.95. The molecule has 12 heavy (non-hydrogen) atoms. The van der Waals surface area contributed by atoms with E-state index >= 15 is 0 Å². The highest BCUT2D eigenvalue weighted by Crippen LogP contribution is 2.24. The number of hydrogen-bond donors (Lipinski definition) is 0. The van der Waals surface area contributed by atoms with Crippen molar-refractivity contribution in [1.29, 1.82) is 0 Å². The molecule has 1 heterocycles. The van der Waals surface area contributed by atoms with E-state index in [0.717, 1.165) is 9.35 Å². The zero-order valence-electron chi connectivity index (χ0n) is 6.12. The summed E-state index contributed by atoms with van der Waals surface area (Å²) >= 11 is 4.92. The summed E-state index contributed by atoms with van der Waals surface area (Å²) in [6.07, 6.45) is 1.83. The molecule has 0 saturated carbocycles. The monoisotopic (exact) mass is 238 g/mol. The highest BCUT2D eigenvalue weighted by Gasteiger charge is 1.97. The van der Waals surface area contributed by atoms with Crippen LogP contribution in [-0.2, 0) is 0 Å². The Labute approximate surface area is 83.2 Å². The molecular weight excluding hydrogens is 234 g/mol. The second-order valence-corrected chi connectivity index (χ2v) is 4.06. The molecule has 0 aliphatic rings. The van der Waals surface area contributed by atoms with Crippen molar-refractivity contribution in [2.45, 2.75) is 0 Å². The summed E-state index contributed by atoms with van der Waals surface area (Å²) in [6, 6.07) is 8.17. The van der Waals surface area contributed by atoms with E-state index in [0.29, 0.717) is 0 Å². The fraction of sp³-hybridized carbons (Fsp3) is 0. The lowest BCUT2D eigenvalue weighted by Gasteiger charge is -1.94. The number of halogens is 1. The van der Waals surface area contributed by atoms with Crippen LogP contribution >= 0.6 is 27.3 Å². The summed E-state index contributed by atoms with van der Waals surface area (Å²) < 4.78 is 1.10. The molecule has 1 aromatic carbocycles. The van der Waals surface area contributed by atoms with Crippen molar-refractivity contribution in [2.75, 3.05) is 0 Å². The highest BCUT2D eigenvalue weighted by molar-refractivity contribution is 9.10. The van der Waals surface area contributed by atoms with Crippen molar-refractivity contribution < 1.29 is 0 Å². The van der Waals surface area contributed by atoms with E-state index in [4.69, 9.17) is 0 Å². The molecule has 0 aliphatic heterocycles. The van der Waals surface area contributed by atoms with E-state index in [2.05, 4.69) is 38.6 Å². The average Bonchev–Trinajstić information content (AvgIpc) is 2.58. The van der Waals surface area contributed by atoms with Gasteiger partial charge in [-0.2, -0.15) is 0 Å². The molecule has 0 N–H and O–H groups in total. The highest BCUT2D eigenvalue weighted by atomic mass is 79.9. The van der Waals surface area contributed by atoms with E-state index in [-0.39, 0.29) is 0 Å². The van der Waals surface area contributed by atoms with Crippen molar-refractivity contribution >= 4 is 27.3 Å². The standard InChI is InChI=1S/C9H5BrNS/c10-8-3-1-7(2-4-8)9-5-11-6-12-9/h1-5H. The topological polar surface area (TPSA) is 12.9 Å². The molecule has 59 valence electrons. The van der Waals surface area contributed by atoms with Gasteiger partial charge in [-0.1, -0.05) is 28.1 Å². The van der Waals surface area contributed by atoms with Crippen LogP contribution in [0.3, 0.4) is 0 Å². The Morgan fingerprint density at radius 2 is 2.00 bits per heavy atom. The van der Waals surface area contributed by atoms with Gasteiger partial charge < -0.3 is 0 Å². The summed E-state index contributed by atoms with van der Waals surface area (Å²) in [5.41, 5.74) is 4.01. The minimum atomic E-state index is 1.10. The maximum Gasteiger partial charge on any atom is 0.152 e. The summed E-state index contributed by atoms with van der Waals surface area (Å²) in [7, 11) is 0. The second-order valence-electron chi connectivity index (χ2n) is 2.32. The van der Waals surface area contributed by atoms with Crippen LogP contribution in [0.4, 0.5) is 0 Å². The normalized spacial score (nSPS) is 10.1. The van der Waals surface area contributed by atoms with E-state index in [1.165, 1.54) is 16.9 Å². The molecule has 0 fully saturated rings. The number of benzene rings is 1. The summed E-state index contributed by atoms with van der Waals surface area (Å²) in [5.74, 6) is 0. The largest absolute Gasteiger partial charge is 0.241 e. The number of aromatic nitrogens is 1. The van der Waals surface area contributed by atoms with Crippen molar-refractivity contribution in [3.63, 3.8) is 0 Å². The maximum atomic E-state index is 3.90. The van der Waals surface area contributed by atoms with E-state index in [1.807, 2.05) is 18.3 Å². The van der Waals surface area contributed by atoms with Gasteiger partial charge in [-0.05, 0) is 17.7 Å². The van der Waals surface area contributed by atoms with E-state index in [9.17, 15) is 0 Å². The molecule has 0 saturated heterocycles. The van der Waals surface area contributed by atoms with Crippen LogP contribution in [-0.4, -0.2) is 4.98 Å². The van der Waals surface area contributed by atoms with Gasteiger partial charge in [0.15, 0.2) is 5.51 Å². The Kier molecular flexibility index (Phi) is 2.23. The van der Waals surface area contributed by atoms with Crippen molar-refractivity contribution in [1.82, 2.24) is 4.98 Å². The van der Waals surface area contributed by atoms with Gasteiger partial charge in [0.05, 0.1) is 4.88 Å². The van der Waals surface area contributed by atoms with Crippen LogP contribution < -0.4 is 0 Å². The lowest BCUT2D eigenvalue weighted by atomic mass is 10.2. The molecule has 0 aliphatic carbocycles. The third-order valence-electron chi connectivity index (χ3n) is 1.52.